The lowest BCUT2D eigenvalue weighted by molar-refractivity contribution is 0.193. The highest BCUT2D eigenvalue weighted by Gasteiger charge is 2.33. The fourth-order valence-electron chi connectivity index (χ4n) is 4.62. The summed E-state index contributed by atoms with van der Waals surface area (Å²) in [6.07, 6.45) is 10.3. The number of aryl methyl sites for hydroxylation is 1. The Balaban J connectivity index is 3.37. The largest absolute Gasteiger partial charge is 0.385 e. The fourth-order valence-corrected chi connectivity index (χ4v) is 4.62. The van der Waals surface area contributed by atoms with Crippen LogP contribution < -0.4 is 0 Å². The Morgan fingerprint density at radius 1 is 1.08 bits per heavy atom. The van der Waals surface area contributed by atoms with Gasteiger partial charge in [-0.05, 0) is 67.1 Å². The fraction of sp³-hybridized carbons (Fsp3) is 0.680. The van der Waals surface area contributed by atoms with Crippen LogP contribution in [0.2, 0.25) is 0 Å². The summed E-state index contributed by atoms with van der Waals surface area (Å²) >= 11 is 0. The SMILES string of the molecule is CC=CC(C)(C)c1ccc(C(CC)(CC)C(C)C)cc1CCCCOC. The number of unbranched alkanes of at least 4 members (excludes halogenated alkanes) is 1. The molecule has 0 heterocycles. The first kappa shape index (κ1) is 23.0. The van der Waals surface area contributed by atoms with Crippen molar-refractivity contribution in [1.82, 2.24) is 0 Å². The number of methoxy groups -OCH3 is 1. The van der Waals surface area contributed by atoms with Gasteiger partial charge in [-0.3, -0.25) is 0 Å². The number of allylic oxidation sites excluding steroid dienone is 2. The molecule has 0 radical (unpaired) electrons. The molecular weight excluding hydrogens is 316 g/mol. The maximum Gasteiger partial charge on any atom is 0.0462 e. The maximum absolute atomic E-state index is 5.25. The Bertz CT molecular complexity index is 562. The van der Waals surface area contributed by atoms with Crippen LogP contribution >= 0.6 is 0 Å². The molecule has 0 bridgehead atoms. The molecule has 148 valence electrons. The molecule has 0 spiro atoms. The van der Waals surface area contributed by atoms with Crippen LogP contribution in [-0.4, -0.2) is 13.7 Å². The molecule has 0 atom stereocenters. The molecule has 1 aromatic rings. The van der Waals surface area contributed by atoms with E-state index in [2.05, 4.69) is 78.8 Å². The summed E-state index contributed by atoms with van der Waals surface area (Å²) < 4.78 is 5.25. The predicted molar refractivity (Wildman–Crippen MR) is 116 cm³/mol. The first-order valence-electron chi connectivity index (χ1n) is 10.6. The first-order valence-corrected chi connectivity index (χ1v) is 10.6. The second kappa shape index (κ2) is 10.3. The van der Waals surface area contributed by atoms with E-state index < -0.39 is 0 Å². The minimum absolute atomic E-state index is 0.0722. The van der Waals surface area contributed by atoms with Gasteiger partial charge < -0.3 is 4.74 Å². The van der Waals surface area contributed by atoms with E-state index in [1.165, 1.54) is 36.0 Å². The van der Waals surface area contributed by atoms with Gasteiger partial charge in [-0.15, -0.1) is 0 Å². The van der Waals surface area contributed by atoms with E-state index in [1.807, 2.05) is 0 Å². The monoisotopic (exact) mass is 358 g/mol. The molecule has 26 heavy (non-hydrogen) atoms. The normalized spacial score (nSPS) is 13.1. The Kier molecular flexibility index (Phi) is 9.10. The van der Waals surface area contributed by atoms with Gasteiger partial charge in [0, 0.05) is 19.1 Å². The third-order valence-electron chi connectivity index (χ3n) is 6.37. The van der Waals surface area contributed by atoms with E-state index in [0.717, 1.165) is 19.4 Å². The summed E-state index contributed by atoms with van der Waals surface area (Å²) in [4.78, 5) is 0. The van der Waals surface area contributed by atoms with Gasteiger partial charge in [-0.25, -0.2) is 0 Å². The highest BCUT2D eigenvalue weighted by molar-refractivity contribution is 5.42. The second-order valence-electron chi connectivity index (χ2n) is 8.56. The van der Waals surface area contributed by atoms with Gasteiger partial charge in [0.25, 0.3) is 0 Å². The summed E-state index contributed by atoms with van der Waals surface area (Å²) in [7, 11) is 1.79. The molecule has 1 rings (SSSR count). The Hall–Kier alpha value is -1.08. The Labute approximate surface area is 163 Å². The quantitative estimate of drug-likeness (QED) is 0.299. The van der Waals surface area contributed by atoms with Crippen LogP contribution in [0.1, 0.15) is 90.8 Å². The van der Waals surface area contributed by atoms with Crippen molar-refractivity contribution in [2.45, 2.75) is 91.4 Å². The third kappa shape index (κ3) is 5.22. The van der Waals surface area contributed by atoms with Crippen molar-refractivity contribution in [1.29, 1.82) is 0 Å². The summed E-state index contributed by atoms with van der Waals surface area (Å²) in [5.74, 6) is 0.647. The van der Waals surface area contributed by atoms with Crippen LogP contribution in [0.5, 0.6) is 0 Å². The minimum atomic E-state index is 0.0722. The zero-order valence-corrected chi connectivity index (χ0v) is 18.6. The molecule has 1 heteroatoms. The van der Waals surface area contributed by atoms with E-state index in [1.54, 1.807) is 7.11 Å². The Morgan fingerprint density at radius 3 is 2.23 bits per heavy atom. The molecule has 0 unspecified atom stereocenters. The van der Waals surface area contributed by atoms with Crippen molar-refractivity contribution in [2.75, 3.05) is 13.7 Å². The number of ether oxygens (including phenoxy) is 1. The van der Waals surface area contributed by atoms with Crippen LogP contribution in [0.4, 0.5) is 0 Å². The molecule has 0 aliphatic rings. The first-order chi connectivity index (χ1) is 12.3. The number of rotatable bonds is 11. The average molecular weight is 359 g/mol. The van der Waals surface area contributed by atoms with Gasteiger partial charge in [0.15, 0.2) is 0 Å². The third-order valence-corrected chi connectivity index (χ3v) is 6.37. The predicted octanol–water partition coefficient (Wildman–Crippen LogP) is 7.22. The Morgan fingerprint density at radius 2 is 1.73 bits per heavy atom. The molecule has 0 aliphatic heterocycles. The second-order valence-corrected chi connectivity index (χ2v) is 8.56. The maximum atomic E-state index is 5.25. The summed E-state index contributed by atoms with van der Waals surface area (Å²) in [6, 6.07) is 7.34. The van der Waals surface area contributed by atoms with E-state index in [4.69, 9.17) is 4.74 Å². The van der Waals surface area contributed by atoms with Crippen LogP contribution in [-0.2, 0) is 22.0 Å². The van der Waals surface area contributed by atoms with Gasteiger partial charge >= 0.3 is 0 Å². The van der Waals surface area contributed by atoms with Gasteiger partial charge in [0.2, 0.25) is 0 Å². The van der Waals surface area contributed by atoms with Crippen LogP contribution in [0.3, 0.4) is 0 Å². The van der Waals surface area contributed by atoms with Gasteiger partial charge in [0.1, 0.15) is 0 Å². The lowest BCUT2D eigenvalue weighted by Crippen LogP contribution is -2.31. The average Bonchev–Trinajstić information content (AvgIpc) is 2.60. The highest BCUT2D eigenvalue weighted by Crippen LogP contribution is 2.41. The molecule has 1 aromatic carbocycles. The minimum Gasteiger partial charge on any atom is -0.385 e. The van der Waals surface area contributed by atoms with E-state index >= 15 is 0 Å². The summed E-state index contributed by atoms with van der Waals surface area (Å²) in [6.45, 7) is 17.1. The zero-order chi connectivity index (χ0) is 19.8. The van der Waals surface area contributed by atoms with Gasteiger partial charge in [-0.2, -0.15) is 0 Å². The summed E-state index contributed by atoms with van der Waals surface area (Å²) in [5, 5.41) is 0. The van der Waals surface area contributed by atoms with Crippen LogP contribution in [0.25, 0.3) is 0 Å². The van der Waals surface area contributed by atoms with E-state index in [-0.39, 0.29) is 10.8 Å². The molecule has 0 amide bonds. The van der Waals surface area contributed by atoms with Gasteiger partial charge in [-0.1, -0.05) is 71.9 Å². The molecule has 0 saturated heterocycles. The van der Waals surface area contributed by atoms with Crippen molar-refractivity contribution < 1.29 is 4.74 Å². The molecule has 0 saturated carbocycles. The highest BCUT2D eigenvalue weighted by atomic mass is 16.5. The molecule has 0 aromatic heterocycles. The molecule has 0 fully saturated rings. The standard InChI is InChI=1S/C25H42O/c1-9-17-24(6,7)23-16-15-22(25(10-2,11-3)20(4)5)19-21(23)14-12-13-18-26-8/h9,15-17,19-20H,10-14,18H2,1-8H3. The molecule has 0 aliphatic carbocycles. The molecule has 1 nitrogen and oxygen atoms in total. The topological polar surface area (TPSA) is 9.23 Å². The zero-order valence-electron chi connectivity index (χ0n) is 18.6. The van der Waals surface area contributed by atoms with Gasteiger partial charge in [0.05, 0.1) is 0 Å². The van der Waals surface area contributed by atoms with Crippen molar-refractivity contribution in [3.8, 4) is 0 Å². The number of hydrogen-bond acceptors (Lipinski definition) is 1. The lowest BCUT2D eigenvalue weighted by Gasteiger charge is -2.38. The van der Waals surface area contributed by atoms with Crippen molar-refractivity contribution in [2.24, 2.45) is 5.92 Å². The van der Waals surface area contributed by atoms with Crippen molar-refractivity contribution in [3.05, 3.63) is 47.0 Å². The van der Waals surface area contributed by atoms with Crippen LogP contribution in [0, 0.1) is 5.92 Å². The van der Waals surface area contributed by atoms with Crippen LogP contribution in [0.15, 0.2) is 30.4 Å². The lowest BCUT2D eigenvalue weighted by atomic mass is 9.67. The molecule has 0 N–H and O–H groups in total. The molecular formula is C25H42O. The van der Waals surface area contributed by atoms with E-state index in [9.17, 15) is 0 Å². The van der Waals surface area contributed by atoms with Crippen molar-refractivity contribution in [3.63, 3.8) is 0 Å². The van der Waals surface area contributed by atoms with Crippen molar-refractivity contribution >= 4 is 0 Å². The summed E-state index contributed by atoms with van der Waals surface area (Å²) in [5.41, 5.74) is 4.88. The van der Waals surface area contributed by atoms with E-state index in [0.29, 0.717) is 5.92 Å². The smallest absolute Gasteiger partial charge is 0.0462 e. The number of benzene rings is 1. The number of hydrogen-bond donors (Lipinski definition) is 0.